The Labute approximate surface area is 153 Å². The zero-order valence-corrected chi connectivity index (χ0v) is 13.8. The molecule has 0 saturated carbocycles. The first-order chi connectivity index (χ1) is 14.0. The maximum absolute atomic E-state index is 12.7. The summed E-state index contributed by atoms with van der Waals surface area (Å²) in [5.41, 5.74) is 0.302. The van der Waals surface area contributed by atoms with Crippen LogP contribution in [0.15, 0.2) is 54.9 Å². The number of amides is 2. The molecular formula is C19H20N4O2. The maximum atomic E-state index is 12.7. The lowest BCUT2D eigenvalue weighted by Gasteiger charge is -2.25. The van der Waals surface area contributed by atoms with Gasteiger partial charge in [0, 0.05) is 5.41 Å². The number of nitrogens with zero attached hydrogens (tertiary/aromatic N) is 1. The molecule has 0 spiro atoms. The van der Waals surface area contributed by atoms with Crippen molar-refractivity contribution in [2.45, 2.75) is 25.3 Å². The monoisotopic (exact) mass is 341 g/mol. The summed E-state index contributed by atoms with van der Waals surface area (Å²) in [6.07, 6.45) is 4.59. The molecule has 1 aromatic heterocycles. The van der Waals surface area contributed by atoms with E-state index >= 15 is 0 Å². The Kier molecular flexibility index (Phi) is 2.92. The fourth-order valence-corrected chi connectivity index (χ4v) is 2.41. The summed E-state index contributed by atoms with van der Waals surface area (Å²) < 4.78 is 39.2. The first-order valence-corrected chi connectivity index (χ1v) is 7.57. The van der Waals surface area contributed by atoms with Crippen LogP contribution in [0.1, 0.15) is 43.7 Å². The maximum Gasteiger partial charge on any atom is 0.268 e. The third kappa shape index (κ3) is 3.24. The Morgan fingerprint density at radius 3 is 2.68 bits per heavy atom. The minimum atomic E-state index is -1.42. The van der Waals surface area contributed by atoms with Crippen LogP contribution >= 0.6 is 0 Å². The number of carbonyl (C=O) groups excluding carboxylic acids is 2. The molecule has 3 N–H and O–H groups in total. The number of piperazine rings is 1. The van der Waals surface area contributed by atoms with Crippen LogP contribution in [-0.2, 0) is 15.0 Å². The predicted molar refractivity (Wildman–Crippen MR) is 95.3 cm³/mol. The van der Waals surface area contributed by atoms with Crippen molar-refractivity contribution in [2.24, 2.45) is 0 Å². The number of carbonyl (C=O) groups is 2. The number of allylic oxidation sites excluding steroid dienone is 1. The number of rotatable bonds is 4. The quantitative estimate of drug-likeness (QED) is 0.588. The van der Waals surface area contributed by atoms with Crippen LogP contribution in [0.5, 0.6) is 0 Å². The highest BCUT2D eigenvalue weighted by atomic mass is 16.2. The molecule has 0 bridgehead atoms. The SMILES string of the molecule is [2H]c1c([2H])c([2H])c(C2NC(=O)C(=Cc3nc[nH]c3C(C)(C)C=C)NC2=O)c([2H])c1[2H]. The van der Waals surface area contributed by atoms with Crippen LogP contribution in [0.3, 0.4) is 0 Å². The Balaban J connectivity index is 1.98. The van der Waals surface area contributed by atoms with Gasteiger partial charge in [-0.05, 0) is 11.6 Å². The second-order valence-electron chi connectivity index (χ2n) is 6.08. The molecule has 6 heteroatoms. The molecular weight excluding hydrogens is 316 g/mol. The Morgan fingerprint density at radius 1 is 1.28 bits per heavy atom. The Morgan fingerprint density at radius 2 is 2.00 bits per heavy atom. The standard InChI is InChI=1S/C19H20N4O2/c1-4-19(2,3)16-13(20-11-21-16)10-14-17(24)23-15(18(25)22-14)12-8-6-5-7-9-12/h4-11,15H,1H2,2-3H3,(H,20,21)(H,22,25)(H,23,24)/i5D,6D,7D,8D,9D. The van der Waals surface area contributed by atoms with E-state index in [9.17, 15) is 9.59 Å². The molecule has 1 saturated heterocycles. The van der Waals surface area contributed by atoms with Crippen molar-refractivity contribution >= 4 is 17.9 Å². The lowest BCUT2D eigenvalue weighted by atomic mass is 9.88. The normalized spacial score (nSPS) is 22.2. The molecule has 0 radical (unpaired) electrons. The van der Waals surface area contributed by atoms with Crippen molar-refractivity contribution in [3.8, 4) is 0 Å². The van der Waals surface area contributed by atoms with Crippen molar-refractivity contribution in [3.63, 3.8) is 0 Å². The summed E-state index contributed by atoms with van der Waals surface area (Å²) in [6.45, 7) is 7.60. The zero-order valence-electron chi connectivity index (χ0n) is 18.8. The molecule has 1 fully saturated rings. The van der Waals surface area contributed by atoms with Crippen molar-refractivity contribution in [1.29, 1.82) is 0 Å². The fourth-order valence-electron chi connectivity index (χ4n) is 2.41. The third-order valence-electron chi connectivity index (χ3n) is 3.95. The van der Waals surface area contributed by atoms with Gasteiger partial charge in [0.2, 0.25) is 0 Å². The summed E-state index contributed by atoms with van der Waals surface area (Å²) in [5, 5.41) is 4.88. The van der Waals surface area contributed by atoms with E-state index in [-0.39, 0.29) is 11.3 Å². The zero-order chi connectivity index (χ0) is 22.4. The summed E-state index contributed by atoms with van der Waals surface area (Å²) >= 11 is 0. The number of imidazole rings is 1. The highest BCUT2D eigenvalue weighted by Crippen LogP contribution is 2.26. The van der Waals surface area contributed by atoms with Gasteiger partial charge in [0.15, 0.2) is 0 Å². The van der Waals surface area contributed by atoms with Crippen LogP contribution in [-0.4, -0.2) is 21.8 Å². The number of nitrogens with one attached hydrogen (secondary N) is 3. The van der Waals surface area contributed by atoms with Gasteiger partial charge < -0.3 is 15.6 Å². The van der Waals surface area contributed by atoms with E-state index in [2.05, 4.69) is 27.2 Å². The minimum Gasteiger partial charge on any atom is -0.347 e. The molecule has 1 aliphatic heterocycles. The average molecular weight is 341 g/mol. The summed E-state index contributed by atoms with van der Waals surface area (Å²) in [6, 6.07) is -4.25. The lowest BCUT2D eigenvalue weighted by molar-refractivity contribution is -0.131. The van der Waals surface area contributed by atoms with Crippen LogP contribution in [0.25, 0.3) is 6.08 Å². The van der Waals surface area contributed by atoms with E-state index < -0.39 is 53.5 Å². The number of hydrogen-bond donors (Lipinski definition) is 3. The number of H-pyrrole nitrogens is 1. The number of aromatic amines is 1. The molecule has 1 aromatic carbocycles. The van der Waals surface area contributed by atoms with Gasteiger partial charge in [0.25, 0.3) is 11.8 Å². The van der Waals surface area contributed by atoms with Crippen molar-refractivity contribution < 1.29 is 16.4 Å². The first kappa shape index (κ1) is 11.4. The molecule has 2 amide bonds. The Hall–Kier alpha value is -3.15. The lowest BCUT2D eigenvalue weighted by Crippen LogP contribution is -2.49. The molecule has 6 nitrogen and oxygen atoms in total. The van der Waals surface area contributed by atoms with Crippen molar-refractivity contribution in [1.82, 2.24) is 20.6 Å². The smallest absolute Gasteiger partial charge is 0.268 e. The number of aromatic nitrogens is 2. The van der Waals surface area contributed by atoms with Crippen LogP contribution in [0, 0.1) is 0 Å². The van der Waals surface area contributed by atoms with E-state index in [1.54, 1.807) is 6.08 Å². The summed E-state index contributed by atoms with van der Waals surface area (Å²) in [4.78, 5) is 32.5. The minimum absolute atomic E-state index is 0.0724. The predicted octanol–water partition coefficient (Wildman–Crippen LogP) is 2.20. The van der Waals surface area contributed by atoms with E-state index in [4.69, 9.17) is 6.85 Å². The molecule has 3 rings (SSSR count). The van der Waals surface area contributed by atoms with E-state index in [1.807, 2.05) is 13.8 Å². The number of hydrogen-bond acceptors (Lipinski definition) is 3. The summed E-state index contributed by atoms with van der Waals surface area (Å²) in [7, 11) is 0. The second-order valence-corrected chi connectivity index (χ2v) is 6.08. The van der Waals surface area contributed by atoms with Gasteiger partial charge in [0.05, 0.1) is 24.6 Å². The van der Waals surface area contributed by atoms with Gasteiger partial charge in [-0.25, -0.2) is 4.98 Å². The third-order valence-corrected chi connectivity index (χ3v) is 3.95. The van der Waals surface area contributed by atoms with E-state index in [0.717, 1.165) is 0 Å². The van der Waals surface area contributed by atoms with Gasteiger partial charge in [-0.1, -0.05) is 50.1 Å². The molecule has 25 heavy (non-hydrogen) atoms. The molecule has 0 aliphatic carbocycles. The largest absolute Gasteiger partial charge is 0.347 e. The van der Waals surface area contributed by atoms with Gasteiger partial charge in [-0.3, -0.25) is 9.59 Å². The Bertz CT molecular complexity index is 1080. The molecule has 1 atom stereocenters. The molecule has 2 aromatic rings. The molecule has 1 unspecified atom stereocenters. The highest BCUT2D eigenvalue weighted by Gasteiger charge is 2.31. The fraction of sp³-hybridized carbons (Fsp3) is 0.211. The van der Waals surface area contributed by atoms with Crippen LogP contribution < -0.4 is 10.6 Å². The van der Waals surface area contributed by atoms with Gasteiger partial charge in [-0.15, -0.1) is 6.58 Å². The molecule has 1 aliphatic rings. The van der Waals surface area contributed by atoms with Crippen molar-refractivity contribution in [2.75, 3.05) is 0 Å². The molecule has 128 valence electrons. The van der Waals surface area contributed by atoms with Gasteiger partial charge >= 0.3 is 0 Å². The first-order valence-electron chi connectivity index (χ1n) is 10.1. The van der Waals surface area contributed by atoms with Gasteiger partial charge in [0.1, 0.15) is 11.7 Å². The van der Waals surface area contributed by atoms with Crippen molar-refractivity contribution in [3.05, 3.63) is 71.8 Å². The van der Waals surface area contributed by atoms with Crippen LogP contribution in [0.4, 0.5) is 0 Å². The van der Waals surface area contributed by atoms with Crippen LogP contribution in [0.2, 0.25) is 0 Å². The van der Waals surface area contributed by atoms with E-state index in [1.165, 1.54) is 12.4 Å². The molecule has 2 heterocycles. The van der Waals surface area contributed by atoms with Gasteiger partial charge in [-0.2, -0.15) is 0 Å². The average Bonchev–Trinajstić information content (AvgIpc) is 3.17. The highest BCUT2D eigenvalue weighted by molar-refractivity contribution is 6.07. The second kappa shape index (κ2) is 6.39. The summed E-state index contributed by atoms with van der Waals surface area (Å²) in [5.74, 6) is -1.39. The topological polar surface area (TPSA) is 86.9 Å². The number of benzene rings is 1. The van der Waals surface area contributed by atoms with E-state index in [0.29, 0.717) is 11.4 Å².